The average molecular weight is 573 g/mol. The van der Waals surface area contributed by atoms with Crippen molar-refractivity contribution in [2.75, 3.05) is 13.2 Å². The first kappa shape index (κ1) is 27.8. The van der Waals surface area contributed by atoms with E-state index in [4.69, 9.17) is 16.3 Å². The molecule has 3 aromatic carbocycles. The van der Waals surface area contributed by atoms with Crippen LogP contribution in [0.3, 0.4) is 0 Å². The van der Waals surface area contributed by atoms with Gasteiger partial charge in [0.25, 0.3) is 5.91 Å². The number of nitrogens with one attached hydrogen (secondary N) is 2. The zero-order valence-corrected chi connectivity index (χ0v) is 24.3. The average Bonchev–Trinajstić information content (AvgIpc) is 3.49. The van der Waals surface area contributed by atoms with E-state index in [1.54, 1.807) is 0 Å². The van der Waals surface area contributed by atoms with Gasteiger partial charge in [0.05, 0.1) is 23.9 Å². The number of hydrogen-bond donors (Lipinski definition) is 3. The first-order chi connectivity index (χ1) is 19.9. The molecule has 2 aliphatic rings. The van der Waals surface area contributed by atoms with Gasteiger partial charge in [-0.15, -0.1) is 0 Å². The van der Waals surface area contributed by atoms with Gasteiger partial charge in [-0.2, -0.15) is 5.10 Å². The molecule has 41 heavy (non-hydrogen) atoms. The zero-order valence-electron chi connectivity index (χ0n) is 23.5. The predicted octanol–water partition coefficient (Wildman–Crippen LogP) is 6.38. The highest BCUT2D eigenvalue weighted by Gasteiger charge is 2.41. The highest BCUT2D eigenvalue weighted by atomic mass is 35.5. The number of hydrogen-bond acceptors (Lipinski definition) is 5. The number of carbonyl (C=O) groups is 1. The zero-order chi connectivity index (χ0) is 28.5. The minimum absolute atomic E-state index is 0.152. The highest BCUT2D eigenvalue weighted by molar-refractivity contribution is 6.31. The summed E-state index contributed by atoms with van der Waals surface area (Å²) in [5.74, 6) is 0.865. The van der Waals surface area contributed by atoms with E-state index in [0.717, 1.165) is 52.9 Å². The van der Waals surface area contributed by atoms with E-state index in [0.29, 0.717) is 22.7 Å². The number of aliphatic hydroxyl groups is 1. The number of piperidine rings is 1. The minimum atomic E-state index is -0.208. The summed E-state index contributed by atoms with van der Waals surface area (Å²) in [6.45, 7) is 5.12. The van der Waals surface area contributed by atoms with Crippen molar-refractivity contribution in [3.63, 3.8) is 0 Å². The first-order valence-electron chi connectivity index (χ1n) is 14.6. The maximum Gasteiger partial charge on any atom is 0.251 e. The van der Waals surface area contributed by atoms with Gasteiger partial charge in [-0.3, -0.25) is 14.8 Å². The third kappa shape index (κ3) is 5.71. The van der Waals surface area contributed by atoms with Gasteiger partial charge in [0.15, 0.2) is 0 Å². The molecule has 1 amide bonds. The van der Waals surface area contributed by atoms with E-state index < -0.39 is 0 Å². The van der Waals surface area contributed by atoms with E-state index in [-0.39, 0.29) is 30.6 Å². The van der Waals surface area contributed by atoms with Crippen LogP contribution in [0.4, 0.5) is 0 Å². The summed E-state index contributed by atoms with van der Waals surface area (Å²) in [5, 5.41) is 21.8. The molecule has 8 heteroatoms. The normalized spacial score (nSPS) is 21.3. The van der Waals surface area contributed by atoms with Crippen LogP contribution in [0.2, 0.25) is 5.02 Å². The number of aliphatic hydroxyl groups excluding tert-OH is 1. The molecular weight excluding hydrogens is 536 g/mol. The van der Waals surface area contributed by atoms with Crippen LogP contribution in [0.25, 0.3) is 22.2 Å². The van der Waals surface area contributed by atoms with Crippen molar-refractivity contribution < 1.29 is 14.6 Å². The molecule has 0 spiro atoms. The molecule has 214 valence electrons. The van der Waals surface area contributed by atoms with Crippen molar-refractivity contribution in [1.82, 2.24) is 20.4 Å². The molecule has 0 saturated carbocycles. The van der Waals surface area contributed by atoms with Gasteiger partial charge in [-0.05, 0) is 85.7 Å². The second-order valence-electron chi connectivity index (χ2n) is 11.6. The number of carbonyl (C=O) groups excluding carboxylic acids is 1. The summed E-state index contributed by atoms with van der Waals surface area (Å²) < 4.78 is 6.39. The largest absolute Gasteiger partial charge is 0.490 e. The van der Waals surface area contributed by atoms with Crippen LogP contribution in [0, 0.1) is 5.92 Å². The summed E-state index contributed by atoms with van der Waals surface area (Å²) in [6, 6.07) is 22.1. The number of rotatable bonds is 9. The lowest BCUT2D eigenvalue weighted by Gasteiger charge is -2.38. The molecular formula is C33H37ClN4O3. The van der Waals surface area contributed by atoms with Crippen LogP contribution >= 0.6 is 11.6 Å². The van der Waals surface area contributed by atoms with Crippen molar-refractivity contribution in [2.24, 2.45) is 5.92 Å². The standard InChI is InChI=1S/C33H37ClN4O3/c1-20(2)31(27-5-3-4-6-29(27)34)35-33(40)22-9-14-30-28(17-22)32(37-36-30)21-7-12-25(13-8-21)41-26-18-23-10-11-24(19-26)38(23)15-16-39/h3-9,12-14,17,20,23-24,26,31,39H,10-11,15-16,18-19H2,1-2H3,(H,35,40)(H,36,37)/t23-,24+,26+,31-/m0/s1. The van der Waals surface area contributed by atoms with Crippen LogP contribution in [0.5, 0.6) is 5.75 Å². The Hall–Kier alpha value is -3.39. The van der Waals surface area contributed by atoms with Crippen LogP contribution in [-0.2, 0) is 0 Å². The third-order valence-electron chi connectivity index (χ3n) is 8.65. The lowest BCUT2D eigenvalue weighted by Crippen LogP contribution is -2.47. The van der Waals surface area contributed by atoms with Crippen molar-refractivity contribution in [1.29, 1.82) is 0 Å². The molecule has 2 aliphatic heterocycles. The number of amides is 1. The fourth-order valence-electron chi connectivity index (χ4n) is 6.62. The Morgan fingerprint density at radius 2 is 1.83 bits per heavy atom. The van der Waals surface area contributed by atoms with Crippen LogP contribution in [0.1, 0.15) is 61.5 Å². The maximum absolute atomic E-state index is 13.4. The predicted molar refractivity (Wildman–Crippen MR) is 162 cm³/mol. The van der Waals surface area contributed by atoms with Gasteiger partial charge in [0.2, 0.25) is 0 Å². The van der Waals surface area contributed by atoms with Gasteiger partial charge in [-0.1, -0.05) is 43.6 Å². The molecule has 6 rings (SSSR count). The van der Waals surface area contributed by atoms with E-state index in [2.05, 4.69) is 34.3 Å². The van der Waals surface area contributed by atoms with Crippen molar-refractivity contribution in [2.45, 2.75) is 63.8 Å². The number of halogens is 1. The second-order valence-corrected chi connectivity index (χ2v) is 12.0. The number of aromatic nitrogens is 2. The number of benzene rings is 3. The molecule has 1 aromatic heterocycles. The summed E-state index contributed by atoms with van der Waals surface area (Å²) in [6.07, 6.45) is 4.57. The lowest BCUT2D eigenvalue weighted by atomic mass is 9.95. The smallest absolute Gasteiger partial charge is 0.251 e. The van der Waals surface area contributed by atoms with Crippen molar-refractivity contribution in [3.8, 4) is 17.0 Å². The van der Waals surface area contributed by atoms with Gasteiger partial charge >= 0.3 is 0 Å². The maximum atomic E-state index is 13.4. The molecule has 2 bridgehead atoms. The Morgan fingerprint density at radius 1 is 1.10 bits per heavy atom. The summed E-state index contributed by atoms with van der Waals surface area (Å²) >= 11 is 6.46. The molecule has 4 aromatic rings. The number of fused-ring (bicyclic) bond motifs is 3. The lowest BCUT2D eigenvalue weighted by molar-refractivity contribution is 0.0391. The fraction of sp³-hybridized carbons (Fsp3) is 0.394. The molecule has 2 fully saturated rings. The van der Waals surface area contributed by atoms with Gasteiger partial charge < -0.3 is 15.2 Å². The second kappa shape index (κ2) is 11.8. The highest BCUT2D eigenvalue weighted by Crippen LogP contribution is 2.37. The Kier molecular flexibility index (Phi) is 8.02. The van der Waals surface area contributed by atoms with Crippen LogP contribution in [0.15, 0.2) is 66.7 Å². The van der Waals surface area contributed by atoms with Gasteiger partial charge in [0, 0.05) is 40.2 Å². The van der Waals surface area contributed by atoms with Crippen molar-refractivity contribution >= 4 is 28.4 Å². The Balaban J connectivity index is 1.17. The van der Waals surface area contributed by atoms with Crippen LogP contribution < -0.4 is 10.1 Å². The Morgan fingerprint density at radius 3 is 2.51 bits per heavy atom. The molecule has 7 nitrogen and oxygen atoms in total. The van der Waals surface area contributed by atoms with E-state index in [1.165, 1.54) is 12.8 Å². The number of aromatic amines is 1. The summed E-state index contributed by atoms with van der Waals surface area (Å²) in [4.78, 5) is 15.8. The third-order valence-corrected chi connectivity index (χ3v) is 8.99. The SMILES string of the molecule is CC(C)[C@H](NC(=O)c1ccc2[nH]nc(-c3ccc(O[C@H]4C[C@H]5CC[C@@H](C4)N5CCO)cc3)c2c1)c1ccccc1Cl. The molecule has 3 N–H and O–H groups in total. The van der Waals surface area contributed by atoms with E-state index in [1.807, 2.05) is 66.7 Å². The molecule has 4 atom stereocenters. The molecule has 2 saturated heterocycles. The Bertz CT molecular complexity index is 1500. The molecule has 0 radical (unpaired) electrons. The van der Waals surface area contributed by atoms with Gasteiger partial charge in [0.1, 0.15) is 11.9 Å². The molecule has 0 aliphatic carbocycles. The number of H-pyrrole nitrogens is 1. The number of nitrogens with zero attached hydrogens (tertiary/aromatic N) is 2. The first-order valence-corrected chi connectivity index (χ1v) is 15.0. The minimum Gasteiger partial charge on any atom is -0.490 e. The Labute approximate surface area is 245 Å². The topological polar surface area (TPSA) is 90.5 Å². The van der Waals surface area contributed by atoms with E-state index in [9.17, 15) is 9.90 Å². The molecule has 0 unspecified atom stereocenters. The van der Waals surface area contributed by atoms with Gasteiger partial charge in [-0.25, -0.2) is 0 Å². The quantitative estimate of drug-likeness (QED) is 0.217. The summed E-state index contributed by atoms with van der Waals surface area (Å²) in [7, 11) is 0. The van der Waals surface area contributed by atoms with Crippen molar-refractivity contribution in [3.05, 3.63) is 82.9 Å². The monoisotopic (exact) mass is 572 g/mol. The molecule has 3 heterocycles. The fourth-order valence-corrected chi connectivity index (χ4v) is 6.87. The van der Waals surface area contributed by atoms with E-state index >= 15 is 0 Å². The van der Waals surface area contributed by atoms with Crippen LogP contribution in [-0.4, -0.2) is 57.5 Å². The summed E-state index contributed by atoms with van der Waals surface area (Å²) in [5.41, 5.74) is 4.10. The number of ether oxygens (including phenoxy) is 1.